The zero-order valence-electron chi connectivity index (χ0n) is 10.6. The van der Waals surface area contributed by atoms with E-state index in [1.807, 2.05) is 30.5 Å². The van der Waals surface area contributed by atoms with Gasteiger partial charge in [0, 0.05) is 30.1 Å². The van der Waals surface area contributed by atoms with Crippen LogP contribution in [0.2, 0.25) is 0 Å². The predicted octanol–water partition coefficient (Wildman–Crippen LogP) is 0.570. The van der Waals surface area contributed by atoms with Crippen LogP contribution < -0.4 is 5.32 Å². The van der Waals surface area contributed by atoms with E-state index in [0.717, 1.165) is 16.5 Å². The third-order valence-corrected chi connectivity index (χ3v) is 3.04. The van der Waals surface area contributed by atoms with Gasteiger partial charge < -0.3 is 20.5 Å². The Morgan fingerprint density at radius 1 is 1.37 bits per heavy atom. The van der Waals surface area contributed by atoms with Gasteiger partial charge in [-0.05, 0) is 18.1 Å². The summed E-state index contributed by atoms with van der Waals surface area (Å²) in [6.45, 7) is -0.258. The van der Waals surface area contributed by atoms with Crippen molar-refractivity contribution in [1.82, 2.24) is 10.3 Å². The highest BCUT2D eigenvalue weighted by Crippen LogP contribution is 2.18. The van der Waals surface area contributed by atoms with Crippen molar-refractivity contribution < 1.29 is 15.0 Å². The van der Waals surface area contributed by atoms with E-state index in [1.165, 1.54) is 0 Å². The molecule has 5 heteroatoms. The number of hydrogen-bond donors (Lipinski definition) is 4. The summed E-state index contributed by atoms with van der Waals surface area (Å²) in [6.07, 6.45) is 2.03. The van der Waals surface area contributed by atoms with Crippen LogP contribution in [0.1, 0.15) is 12.0 Å². The fourth-order valence-corrected chi connectivity index (χ4v) is 1.97. The molecule has 19 heavy (non-hydrogen) atoms. The number of rotatable bonds is 6. The third-order valence-electron chi connectivity index (χ3n) is 3.04. The van der Waals surface area contributed by atoms with Crippen LogP contribution in [0, 0.1) is 0 Å². The van der Waals surface area contributed by atoms with Gasteiger partial charge in [-0.1, -0.05) is 18.2 Å². The Labute approximate surface area is 111 Å². The average molecular weight is 262 g/mol. The number of para-hydroxylation sites is 1. The van der Waals surface area contributed by atoms with Crippen LogP contribution in [0.4, 0.5) is 0 Å². The monoisotopic (exact) mass is 262 g/mol. The van der Waals surface area contributed by atoms with Gasteiger partial charge in [0.2, 0.25) is 5.91 Å². The zero-order chi connectivity index (χ0) is 13.7. The van der Waals surface area contributed by atoms with E-state index in [2.05, 4.69) is 10.3 Å². The lowest BCUT2D eigenvalue weighted by atomic mass is 10.1. The van der Waals surface area contributed by atoms with Gasteiger partial charge in [-0.25, -0.2) is 0 Å². The number of carbonyl (C=O) groups excluding carboxylic acids is 1. The lowest BCUT2D eigenvalue weighted by Crippen LogP contribution is -2.33. The van der Waals surface area contributed by atoms with Crippen molar-refractivity contribution in [2.75, 3.05) is 13.2 Å². The van der Waals surface area contributed by atoms with Crippen LogP contribution in [0.15, 0.2) is 30.5 Å². The second-order valence-corrected chi connectivity index (χ2v) is 4.50. The molecule has 5 nitrogen and oxygen atoms in total. The summed E-state index contributed by atoms with van der Waals surface area (Å²) in [5.41, 5.74) is 2.17. The molecule has 0 bridgehead atoms. The summed E-state index contributed by atoms with van der Waals surface area (Å²) < 4.78 is 0. The van der Waals surface area contributed by atoms with E-state index >= 15 is 0 Å². The molecule has 1 amide bonds. The van der Waals surface area contributed by atoms with Crippen molar-refractivity contribution in [3.63, 3.8) is 0 Å². The Kier molecular flexibility index (Phi) is 4.54. The Morgan fingerprint density at radius 3 is 2.95 bits per heavy atom. The van der Waals surface area contributed by atoms with Gasteiger partial charge in [0.25, 0.3) is 0 Å². The van der Waals surface area contributed by atoms with Gasteiger partial charge >= 0.3 is 0 Å². The van der Waals surface area contributed by atoms with E-state index in [1.54, 1.807) is 0 Å². The molecule has 1 heterocycles. The number of aromatic nitrogens is 1. The van der Waals surface area contributed by atoms with Crippen molar-refractivity contribution in [3.8, 4) is 0 Å². The van der Waals surface area contributed by atoms with E-state index in [4.69, 9.17) is 10.2 Å². The molecule has 0 aliphatic carbocycles. The van der Waals surface area contributed by atoms with Gasteiger partial charge in [-0.2, -0.15) is 0 Å². The molecule has 0 saturated heterocycles. The lowest BCUT2D eigenvalue weighted by Gasteiger charge is -2.08. The van der Waals surface area contributed by atoms with Gasteiger partial charge in [-0.3, -0.25) is 4.79 Å². The molecule has 102 valence electrons. The van der Waals surface area contributed by atoms with Crippen LogP contribution in [0.25, 0.3) is 10.9 Å². The fourth-order valence-electron chi connectivity index (χ4n) is 1.97. The van der Waals surface area contributed by atoms with E-state index in [-0.39, 0.29) is 19.1 Å². The normalized spacial score (nSPS) is 12.5. The SMILES string of the molecule is O=C(CCc1c[nH]c2ccccc12)NCC(O)CO. The van der Waals surface area contributed by atoms with Gasteiger partial charge in [0.15, 0.2) is 0 Å². The molecule has 0 saturated carbocycles. The number of benzene rings is 1. The minimum Gasteiger partial charge on any atom is -0.394 e. The highest BCUT2D eigenvalue weighted by molar-refractivity contribution is 5.84. The molecule has 0 aliphatic rings. The molecule has 2 rings (SSSR count). The topological polar surface area (TPSA) is 85.4 Å². The van der Waals surface area contributed by atoms with Crippen LogP contribution in [0.5, 0.6) is 0 Å². The standard InChI is InChI=1S/C14H18N2O3/c17-9-11(18)8-16-14(19)6-5-10-7-15-13-4-2-1-3-12(10)13/h1-4,7,11,15,17-18H,5-6,8-9H2,(H,16,19). The minimum absolute atomic E-state index is 0.0865. The van der Waals surface area contributed by atoms with Crippen LogP contribution >= 0.6 is 0 Å². The summed E-state index contributed by atoms with van der Waals surface area (Å²) in [5, 5.41) is 21.5. The number of amides is 1. The van der Waals surface area contributed by atoms with Crippen LogP contribution in [0.3, 0.4) is 0 Å². The first-order chi connectivity index (χ1) is 9.20. The van der Waals surface area contributed by atoms with Gasteiger partial charge in [0.05, 0.1) is 12.7 Å². The largest absolute Gasteiger partial charge is 0.394 e. The Bertz CT molecular complexity index is 550. The number of nitrogens with one attached hydrogen (secondary N) is 2. The number of carbonyl (C=O) groups is 1. The van der Waals surface area contributed by atoms with Crippen molar-refractivity contribution in [2.24, 2.45) is 0 Å². The van der Waals surface area contributed by atoms with Crippen molar-refractivity contribution in [2.45, 2.75) is 18.9 Å². The van der Waals surface area contributed by atoms with E-state index in [9.17, 15) is 4.79 Å². The second-order valence-electron chi connectivity index (χ2n) is 4.50. The molecule has 4 N–H and O–H groups in total. The molecule has 1 atom stereocenters. The predicted molar refractivity (Wildman–Crippen MR) is 72.7 cm³/mol. The molecular formula is C14H18N2O3. The number of aromatic amines is 1. The lowest BCUT2D eigenvalue weighted by molar-refractivity contribution is -0.121. The quantitative estimate of drug-likeness (QED) is 0.614. The Morgan fingerprint density at radius 2 is 2.16 bits per heavy atom. The summed E-state index contributed by atoms with van der Waals surface area (Å²) in [6, 6.07) is 7.95. The number of fused-ring (bicyclic) bond motifs is 1. The highest BCUT2D eigenvalue weighted by Gasteiger charge is 2.08. The number of aliphatic hydroxyl groups is 2. The maximum absolute atomic E-state index is 11.6. The molecule has 0 aliphatic heterocycles. The minimum atomic E-state index is -0.892. The summed E-state index contributed by atoms with van der Waals surface area (Å²) in [5.74, 6) is -0.127. The summed E-state index contributed by atoms with van der Waals surface area (Å²) in [7, 11) is 0. The van der Waals surface area contributed by atoms with E-state index in [0.29, 0.717) is 12.8 Å². The van der Waals surface area contributed by atoms with Crippen molar-refractivity contribution in [3.05, 3.63) is 36.0 Å². The zero-order valence-corrected chi connectivity index (χ0v) is 10.6. The molecular weight excluding hydrogens is 244 g/mol. The molecule has 2 aromatic rings. The van der Waals surface area contributed by atoms with Crippen LogP contribution in [-0.4, -0.2) is 40.4 Å². The van der Waals surface area contributed by atoms with E-state index < -0.39 is 6.10 Å². The second kappa shape index (κ2) is 6.36. The highest BCUT2D eigenvalue weighted by atomic mass is 16.3. The Balaban J connectivity index is 1.87. The fraction of sp³-hybridized carbons (Fsp3) is 0.357. The van der Waals surface area contributed by atoms with Crippen molar-refractivity contribution in [1.29, 1.82) is 0 Å². The smallest absolute Gasteiger partial charge is 0.220 e. The number of hydrogen-bond acceptors (Lipinski definition) is 3. The number of aliphatic hydroxyl groups excluding tert-OH is 2. The Hall–Kier alpha value is -1.85. The number of aryl methyl sites for hydroxylation is 1. The maximum atomic E-state index is 11.6. The first kappa shape index (κ1) is 13.6. The third kappa shape index (κ3) is 3.56. The molecule has 1 unspecified atom stereocenters. The van der Waals surface area contributed by atoms with Gasteiger partial charge in [-0.15, -0.1) is 0 Å². The number of H-pyrrole nitrogens is 1. The van der Waals surface area contributed by atoms with Crippen LogP contribution in [-0.2, 0) is 11.2 Å². The molecule has 0 spiro atoms. The molecule has 1 aromatic carbocycles. The van der Waals surface area contributed by atoms with Crippen molar-refractivity contribution >= 4 is 16.8 Å². The first-order valence-corrected chi connectivity index (χ1v) is 6.31. The maximum Gasteiger partial charge on any atom is 0.220 e. The average Bonchev–Trinajstić information content (AvgIpc) is 2.85. The van der Waals surface area contributed by atoms with Gasteiger partial charge in [0.1, 0.15) is 0 Å². The first-order valence-electron chi connectivity index (χ1n) is 6.31. The summed E-state index contributed by atoms with van der Waals surface area (Å²) >= 11 is 0. The molecule has 1 aromatic heterocycles. The summed E-state index contributed by atoms with van der Waals surface area (Å²) in [4.78, 5) is 14.7. The molecule has 0 radical (unpaired) electrons. The molecule has 0 fully saturated rings.